The average Bonchev–Trinajstić information content (AvgIpc) is 3.28. The molecule has 1 atom stereocenters. The molecule has 6 nitrogen and oxygen atoms in total. The van der Waals surface area contributed by atoms with Crippen molar-refractivity contribution in [3.05, 3.63) is 44.0 Å². The van der Waals surface area contributed by atoms with E-state index in [0.29, 0.717) is 10.6 Å². The maximum atomic E-state index is 12.4. The highest BCUT2D eigenvalue weighted by Crippen LogP contribution is 2.38. The van der Waals surface area contributed by atoms with Gasteiger partial charge in [0.25, 0.3) is 11.8 Å². The first-order valence-corrected chi connectivity index (χ1v) is 10.2. The van der Waals surface area contributed by atoms with Crippen molar-refractivity contribution in [2.45, 2.75) is 39.2 Å². The van der Waals surface area contributed by atoms with E-state index in [4.69, 9.17) is 10.5 Å². The predicted molar refractivity (Wildman–Crippen MR) is 107 cm³/mol. The van der Waals surface area contributed by atoms with Crippen molar-refractivity contribution in [2.75, 3.05) is 5.32 Å². The summed E-state index contributed by atoms with van der Waals surface area (Å²) < 4.78 is 5.16. The zero-order valence-electron chi connectivity index (χ0n) is 15.0. The van der Waals surface area contributed by atoms with E-state index in [1.165, 1.54) is 35.7 Å². The average molecular weight is 405 g/mol. The summed E-state index contributed by atoms with van der Waals surface area (Å²) in [5.74, 6) is -1.65. The summed E-state index contributed by atoms with van der Waals surface area (Å²) in [7, 11) is 0. The Hall–Kier alpha value is -2.45. The molecule has 0 saturated carbocycles. The molecule has 0 fully saturated rings. The lowest BCUT2D eigenvalue weighted by Gasteiger charge is -2.12. The van der Waals surface area contributed by atoms with E-state index in [2.05, 4.69) is 5.32 Å². The van der Waals surface area contributed by atoms with Crippen molar-refractivity contribution in [2.24, 2.45) is 5.73 Å². The highest BCUT2D eigenvalue weighted by molar-refractivity contribution is 7.17. The fraction of sp³-hybridized carbons (Fsp3) is 0.316. The normalized spacial score (nSPS) is 14.1. The van der Waals surface area contributed by atoms with Gasteiger partial charge in [0, 0.05) is 15.8 Å². The van der Waals surface area contributed by atoms with Gasteiger partial charge in [-0.05, 0) is 61.8 Å². The molecule has 2 heterocycles. The van der Waals surface area contributed by atoms with E-state index in [1.54, 1.807) is 6.08 Å². The van der Waals surface area contributed by atoms with Crippen LogP contribution in [0.15, 0.2) is 17.5 Å². The van der Waals surface area contributed by atoms with Crippen LogP contribution >= 0.6 is 22.7 Å². The third-order valence-electron chi connectivity index (χ3n) is 4.34. The molecule has 3 N–H and O–H groups in total. The Morgan fingerprint density at radius 3 is 2.78 bits per heavy atom. The Morgan fingerprint density at radius 2 is 2.11 bits per heavy atom. The van der Waals surface area contributed by atoms with Gasteiger partial charge in [0.05, 0.1) is 5.56 Å². The van der Waals surface area contributed by atoms with Crippen LogP contribution in [0.5, 0.6) is 0 Å². The minimum atomic E-state index is -0.996. The standard InChI is InChI=1S/C19H20N2O4S2/c1-10-8-9-26-13(10)6-7-15(22)25-11(2)18(24)21-19-16(17(20)23)12-4-3-5-14(12)27-19/h6-9,11H,3-5H2,1-2H3,(H2,20,23)(H,21,24)/b7-6+/t11-/m1/s1. The molecule has 27 heavy (non-hydrogen) atoms. The molecule has 142 valence electrons. The van der Waals surface area contributed by atoms with Gasteiger partial charge in [-0.1, -0.05) is 0 Å². The van der Waals surface area contributed by atoms with E-state index < -0.39 is 23.9 Å². The van der Waals surface area contributed by atoms with Crippen LogP contribution in [-0.2, 0) is 27.2 Å². The second-order valence-corrected chi connectivity index (χ2v) is 8.35. The molecule has 2 amide bonds. The number of carbonyl (C=O) groups is 3. The third kappa shape index (κ3) is 4.28. The van der Waals surface area contributed by atoms with Crippen molar-refractivity contribution < 1.29 is 19.1 Å². The van der Waals surface area contributed by atoms with Gasteiger partial charge >= 0.3 is 5.97 Å². The monoisotopic (exact) mass is 404 g/mol. The van der Waals surface area contributed by atoms with E-state index in [-0.39, 0.29) is 0 Å². The zero-order chi connectivity index (χ0) is 19.6. The Morgan fingerprint density at radius 1 is 1.33 bits per heavy atom. The Labute approximate surface area is 165 Å². The van der Waals surface area contributed by atoms with E-state index in [9.17, 15) is 14.4 Å². The van der Waals surface area contributed by atoms with Crippen molar-refractivity contribution in [3.8, 4) is 0 Å². The van der Waals surface area contributed by atoms with Gasteiger partial charge < -0.3 is 15.8 Å². The van der Waals surface area contributed by atoms with Crippen LogP contribution in [0.3, 0.4) is 0 Å². The van der Waals surface area contributed by atoms with Gasteiger partial charge in [0.1, 0.15) is 5.00 Å². The molecule has 1 aliphatic carbocycles. The molecular formula is C19H20N2O4S2. The molecule has 0 unspecified atom stereocenters. The van der Waals surface area contributed by atoms with Gasteiger partial charge in [0.15, 0.2) is 6.10 Å². The Kier molecular flexibility index (Phi) is 5.76. The summed E-state index contributed by atoms with van der Waals surface area (Å²) in [5, 5.41) is 5.06. The molecular weight excluding hydrogens is 384 g/mol. The molecule has 1 aliphatic rings. The zero-order valence-corrected chi connectivity index (χ0v) is 16.7. The first-order chi connectivity index (χ1) is 12.9. The van der Waals surface area contributed by atoms with Gasteiger partial charge in [-0.15, -0.1) is 22.7 Å². The van der Waals surface area contributed by atoms with Crippen LogP contribution < -0.4 is 11.1 Å². The van der Waals surface area contributed by atoms with Gasteiger partial charge in [-0.2, -0.15) is 0 Å². The van der Waals surface area contributed by atoms with Crippen molar-refractivity contribution in [1.82, 2.24) is 0 Å². The number of esters is 1. The molecule has 0 spiro atoms. The molecule has 0 aliphatic heterocycles. The molecule has 2 aromatic heterocycles. The minimum absolute atomic E-state index is 0.382. The number of amides is 2. The van der Waals surface area contributed by atoms with Crippen molar-refractivity contribution in [1.29, 1.82) is 0 Å². The molecule has 3 rings (SSSR count). The van der Waals surface area contributed by atoms with Crippen LogP contribution in [0.1, 0.15) is 44.6 Å². The summed E-state index contributed by atoms with van der Waals surface area (Å²) in [5.41, 5.74) is 7.87. The lowest BCUT2D eigenvalue weighted by Crippen LogP contribution is -2.30. The fourth-order valence-electron chi connectivity index (χ4n) is 2.93. The molecule has 0 saturated heterocycles. The first-order valence-electron chi connectivity index (χ1n) is 8.54. The van der Waals surface area contributed by atoms with Crippen LogP contribution in [0.25, 0.3) is 6.08 Å². The number of ether oxygens (including phenoxy) is 1. The summed E-state index contributed by atoms with van der Waals surface area (Å²) in [6, 6.07) is 1.96. The maximum absolute atomic E-state index is 12.4. The number of nitrogens with one attached hydrogen (secondary N) is 1. The number of hydrogen-bond acceptors (Lipinski definition) is 6. The highest BCUT2D eigenvalue weighted by atomic mass is 32.1. The molecule has 0 radical (unpaired) electrons. The third-order valence-corrected chi connectivity index (χ3v) is 6.53. The van der Waals surface area contributed by atoms with Crippen LogP contribution in [0.2, 0.25) is 0 Å². The summed E-state index contributed by atoms with van der Waals surface area (Å²) in [4.78, 5) is 38.2. The number of fused-ring (bicyclic) bond motifs is 1. The van der Waals surface area contributed by atoms with Crippen molar-refractivity contribution >= 4 is 51.5 Å². The van der Waals surface area contributed by atoms with Crippen LogP contribution in [0.4, 0.5) is 5.00 Å². The number of nitrogens with two attached hydrogens (primary N) is 1. The largest absolute Gasteiger partial charge is 0.449 e. The van der Waals surface area contributed by atoms with Crippen LogP contribution in [-0.4, -0.2) is 23.9 Å². The highest BCUT2D eigenvalue weighted by Gasteiger charge is 2.27. The van der Waals surface area contributed by atoms with Gasteiger partial charge in [-0.3, -0.25) is 9.59 Å². The predicted octanol–water partition coefficient (Wildman–Crippen LogP) is 3.29. The molecule has 2 aromatic rings. The smallest absolute Gasteiger partial charge is 0.331 e. The second kappa shape index (κ2) is 8.06. The summed E-state index contributed by atoms with van der Waals surface area (Å²) >= 11 is 2.88. The lowest BCUT2D eigenvalue weighted by molar-refractivity contribution is -0.148. The maximum Gasteiger partial charge on any atom is 0.331 e. The number of primary amides is 1. The lowest BCUT2D eigenvalue weighted by atomic mass is 10.1. The van der Waals surface area contributed by atoms with Gasteiger partial charge in [-0.25, -0.2) is 4.79 Å². The number of aryl methyl sites for hydroxylation is 2. The molecule has 0 aromatic carbocycles. The minimum Gasteiger partial charge on any atom is -0.449 e. The Balaban J connectivity index is 1.63. The SMILES string of the molecule is Cc1ccsc1/C=C/C(=O)O[C@H](C)C(=O)Nc1sc2c(c1C(N)=O)CCC2. The number of thiophene rings is 2. The topological polar surface area (TPSA) is 98.5 Å². The van der Waals surface area contributed by atoms with Crippen molar-refractivity contribution in [3.63, 3.8) is 0 Å². The summed E-state index contributed by atoms with van der Waals surface area (Å²) in [6.45, 7) is 3.44. The van der Waals surface area contributed by atoms with E-state index >= 15 is 0 Å². The molecule has 8 heteroatoms. The fourth-order valence-corrected chi connectivity index (χ4v) is 5.05. The number of carbonyl (C=O) groups excluding carboxylic acids is 3. The van der Waals surface area contributed by atoms with Crippen LogP contribution in [0, 0.1) is 6.92 Å². The van der Waals surface area contributed by atoms with E-state index in [1.807, 2.05) is 18.4 Å². The van der Waals surface area contributed by atoms with E-state index in [0.717, 1.165) is 40.1 Å². The molecule has 0 bridgehead atoms. The number of rotatable bonds is 6. The Bertz CT molecular complexity index is 926. The number of hydrogen-bond donors (Lipinski definition) is 2. The number of anilines is 1. The summed E-state index contributed by atoms with van der Waals surface area (Å²) in [6.07, 6.45) is 4.63. The van der Waals surface area contributed by atoms with Gasteiger partial charge in [0.2, 0.25) is 0 Å². The quantitative estimate of drug-likeness (QED) is 0.570. The second-order valence-electron chi connectivity index (χ2n) is 6.30. The first kappa shape index (κ1) is 19.3.